The number of nitrogens with zero attached hydrogens (tertiary/aromatic N) is 2. The Hall–Kier alpha value is -1.58. The van der Waals surface area contributed by atoms with Crippen LogP contribution in [0, 0.1) is 0 Å². The molecule has 121 valence electrons. The van der Waals surface area contributed by atoms with Crippen molar-refractivity contribution in [2.45, 2.75) is 37.8 Å². The van der Waals surface area contributed by atoms with Gasteiger partial charge in [0.1, 0.15) is 0 Å². The Morgan fingerprint density at radius 1 is 1.55 bits per heavy atom. The number of ketones is 1. The molecule has 2 rings (SSSR count). The summed E-state index contributed by atoms with van der Waals surface area (Å²) in [6, 6.07) is -1.01. The highest BCUT2D eigenvalue weighted by molar-refractivity contribution is 8.06. The van der Waals surface area contributed by atoms with Crippen molar-refractivity contribution in [3.63, 3.8) is 0 Å². The van der Waals surface area contributed by atoms with Crippen molar-refractivity contribution >= 4 is 27.3 Å². The van der Waals surface area contributed by atoms with Crippen LogP contribution < -0.4 is 5.32 Å². The number of carbonyl (C=O) groups excluding carboxylic acids is 2. The van der Waals surface area contributed by atoms with E-state index in [0.29, 0.717) is 17.3 Å². The number of rotatable bonds is 3. The van der Waals surface area contributed by atoms with E-state index < -0.39 is 32.5 Å². The number of allylic oxidation sites excluding steroid dienone is 1. The summed E-state index contributed by atoms with van der Waals surface area (Å²) >= 11 is 0. The lowest BCUT2D eigenvalue weighted by molar-refractivity contribution is -0.112. The van der Waals surface area contributed by atoms with Gasteiger partial charge in [0, 0.05) is 19.2 Å². The van der Waals surface area contributed by atoms with E-state index in [0.717, 1.165) is 0 Å². The second-order valence-corrected chi connectivity index (χ2v) is 7.26. The molecule has 2 aliphatic heterocycles. The predicted octanol–water partition coefficient (Wildman–Crippen LogP) is -0.927. The van der Waals surface area contributed by atoms with Crippen LogP contribution in [0.4, 0.5) is 0 Å². The van der Waals surface area contributed by atoms with Gasteiger partial charge in [-0.05, 0) is 26.3 Å². The zero-order valence-corrected chi connectivity index (χ0v) is 13.0. The van der Waals surface area contributed by atoms with Crippen LogP contribution >= 0.6 is 0 Å². The second-order valence-electron chi connectivity index (χ2n) is 5.53. The first kappa shape index (κ1) is 16.8. The van der Waals surface area contributed by atoms with E-state index in [1.54, 1.807) is 0 Å². The molecule has 0 spiro atoms. The smallest absolute Gasteiger partial charge is 0.327 e. The van der Waals surface area contributed by atoms with Gasteiger partial charge < -0.3 is 10.4 Å². The molecule has 8 nitrogen and oxygen atoms in total. The van der Waals surface area contributed by atoms with E-state index >= 15 is 0 Å². The molecule has 0 aromatic heterocycles. The molecular formula is C13H18N3O5S. The van der Waals surface area contributed by atoms with Crippen LogP contribution in [-0.2, 0) is 19.6 Å². The highest BCUT2D eigenvalue weighted by Gasteiger charge is 2.45. The Kier molecular flexibility index (Phi) is 4.78. The lowest BCUT2D eigenvalue weighted by Gasteiger charge is -2.36. The SMILES string of the molecule is C[C@]1(O)CNCCCC1N([C]=O)S(=O)(=O)C1=NC=CCC1=O. The lowest BCUT2D eigenvalue weighted by Crippen LogP contribution is -2.57. The number of aliphatic imine (C=N–C) groups is 1. The van der Waals surface area contributed by atoms with Crippen LogP contribution in [-0.4, -0.2) is 59.8 Å². The highest BCUT2D eigenvalue weighted by atomic mass is 32.2. The Morgan fingerprint density at radius 3 is 2.91 bits per heavy atom. The molecule has 1 fully saturated rings. The normalized spacial score (nSPS) is 29.6. The molecule has 2 N–H and O–H groups in total. The molecular weight excluding hydrogens is 310 g/mol. The third kappa shape index (κ3) is 3.11. The average molecular weight is 328 g/mol. The minimum absolute atomic E-state index is 0.0899. The molecule has 1 saturated heterocycles. The first-order chi connectivity index (χ1) is 10.3. The Bertz CT molecular complexity index is 624. The number of Topliss-reactive ketones (excluding diaryl/α,β-unsaturated/α-hetero) is 1. The minimum atomic E-state index is -4.44. The quantitative estimate of drug-likeness (QED) is 0.647. The maximum atomic E-state index is 12.6. The van der Waals surface area contributed by atoms with Crippen LogP contribution in [0.5, 0.6) is 0 Å². The number of hydrogen-bond donors (Lipinski definition) is 2. The number of aliphatic hydroxyl groups is 1. The molecule has 2 aliphatic rings. The molecule has 1 amide bonds. The topological polar surface area (TPSA) is 116 Å². The number of carbonyl (C=O) groups is 1. The summed E-state index contributed by atoms with van der Waals surface area (Å²) in [5.74, 6) is -0.686. The Balaban J connectivity index is 2.41. The van der Waals surface area contributed by atoms with Crippen molar-refractivity contribution in [1.82, 2.24) is 9.62 Å². The van der Waals surface area contributed by atoms with Crippen molar-refractivity contribution < 1.29 is 23.1 Å². The van der Waals surface area contributed by atoms with Gasteiger partial charge >= 0.3 is 6.41 Å². The third-order valence-corrected chi connectivity index (χ3v) is 5.42. The average Bonchev–Trinajstić information content (AvgIpc) is 2.61. The summed E-state index contributed by atoms with van der Waals surface area (Å²) < 4.78 is 25.6. The fourth-order valence-electron chi connectivity index (χ4n) is 2.58. The predicted molar refractivity (Wildman–Crippen MR) is 79.2 cm³/mol. The number of sulfonamides is 1. The van der Waals surface area contributed by atoms with Crippen LogP contribution in [0.2, 0.25) is 0 Å². The van der Waals surface area contributed by atoms with Gasteiger partial charge in [0.05, 0.1) is 11.6 Å². The van der Waals surface area contributed by atoms with Gasteiger partial charge in [-0.2, -0.15) is 8.42 Å². The number of β-amino-alcohol motifs (C(OH)–C–C–N with tert-alkyl or cyclic N) is 1. The fraction of sp³-hybridized carbons (Fsp3) is 0.615. The maximum absolute atomic E-state index is 12.6. The molecule has 2 heterocycles. The molecule has 1 radical (unpaired) electrons. The van der Waals surface area contributed by atoms with Crippen LogP contribution in [0.25, 0.3) is 0 Å². The van der Waals surface area contributed by atoms with Crippen molar-refractivity contribution in [2.24, 2.45) is 4.99 Å². The van der Waals surface area contributed by atoms with Crippen LogP contribution in [0.15, 0.2) is 17.3 Å². The Labute approximate surface area is 129 Å². The number of amides is 1. The van der Waals surface area contributed by atoms with Crippen LogP contribution in [0.3, 0.4) is 0 Å². The molecule has 22 heavy (non-hydrogen) atoms. The standard InChI is InChI=1S/C13H18N3O5S/c1-13(19)8-14-6-3-5-11(13)16(9-17)22(20,21)12-10(18)4-2-7-15-12/h2,7,11,14,19H,3-6,8H2,1H3/t11?,13-/m0/s1. The second kappa shape index (κ2) is 6.27. The van der Waals surface area contributed by atoms with Gasteiger partial charge in [-0.3, -0.25) is 9.59 Å². The van der Waals surface area contributed by atoms with Gasteiger partial charge in [0.2, 0.25) is 5.04 Å². The highest BCUT2D eigenvalue weighted by Crippen LogP contribution is 2.25. The van der Waals surface area contributed by atoms with E-state index in [9.17, 15) is 23.1 Å². The summed E-state index contributed by atoms with van der Waals surface area (Å²) in [6.07, 6.45) is 4.77. The molecule has 2 atom stereocenters. The first-order valence-corrected chi connectivity index (χ1v) is 8.36. The zero-order chi connectivity index (χ0) is 16.4. The number of nitrogens with one attached hydrogen (secondary N) is 1. The van der Waals surface area contributed by atoms with Gasteiger partial charge in [-0.15, -0.1) is 0 Å². The van der Waals surface area contributed by atoms with Crippen molar-refractivity contribution in [1.29, 1.82) is 0 Å². The molecule has 0 bridgehead atoms. The molecule has 0 aromatic rings. The van der Waals surface area contributed by atoms with E-state index in [1.165, 1.54) is 25.6 Å². The van der Waals surface area contributed by atoms with Gasteiger partial charge in [-0.25, -0.2) is 9.30 Å². The van der Waals surface area contributed by atoms with E-state index in [2.05, 4.69) is 10.3 Å². The lowest BCUT2D eigenvalue weighted by atomic mass is 9.94. The molecule has 1 unspecified atom stereocenters. The molecule has 0 saturated carbocycles. The third-order valence-electron chi connectivity index (χ3n) is 3.75. The van der Waals surface area contributed by atoms with Crippen molar-refractivity contribution in [2.75, 3.05) is 13.1 Å². The minimum Gasteiger partial charge on any atom is -0.387 e. The van der Waals surface area contributed by atoms with Crippen molar-refractivity contribution in [3.8, 4) is 0 Å². The summed E-state index contributed by atoms with van der Waals surface area (Å²) in [6.45, 7) is 2.17. The van der Waals surface area contributed by atoms with Gasteiger partial charge in [0.25, 0.3) is 10.0 Å². The van der Waals surface area contributed by atoms with Gasteiger partial charge in [0.15, 0.2) is 5.78 Å². The summed E-state index contributed by atoms with van der Waals surface area (Å²) in [7, 11) is -4.44. The van der Waals surface area contributed by atoms with Gasteiger partial charge in [-0.1, -0.05) is 6.08 Å². The molecule has 0 aliphatic carbocycles. The van der Waals surface area contributed by atoms with E-state index in [4.69, 9.17) is 0 Å². The van der Waals surface area contributed by atoms with E-state index in [1.807, 2.05) is 0 Å². The summed E-state index contributed by atoms with van der Waals surface area (Å²) in [4.78, 5) is 26.7. The molecule has 0 aromatic carbocycles. The fourth-order valence-corrected chi connectivity index (χ4v) is 4.10. The largest absolute Gasteiger partial charge is 0.387 e. The van der Waals surface area contributed by atoms with Crippen LogP contribution in [0.1, 0.15) is 26.2 Å². The first-order valence-electron chi connectivity index (χ1n) is 6.92. The molecule has 9 heteroatoms. The van der Waals surface area contributed by atoms with E-state index in [-0.39, 0.29) is 19.4 Å². The number of hydrogen-bond acceptors (Lipinski definition) is 7. The van der Waals surface area contributed by atoms with Crippen molar-refractivity contribution in [3.05, 3.63) is 12.3 Å². The maximum Gasteiger partial charge on any atom is 0.327 e. The Morgan fingerprint density at radius 2 is 2.27 bits per heavy atom. The summed E-state index contributed by atoms with van der Waals surface area (Å²) in [5, 5.41) is 12.7. The monoisotopic (exact) mass is 328 g/mol. The zero-order valence-electron chi connectivity index (χ0n) is 12.2. The summed E-state index contributed by atoms with van der Waals surface area (Å²) in [5.41, 5.74) is -1.46.